The Kier molecular flexibility index (Phi) is 7.67. The highest BCUT2D eigenvalue weighted by molar-refractivity contribution is 6.71. The van der Waals surface area contributed by atoms with Crippen molar-refractivity contribution in [2.75, 3.05) is 0 Å². The van der Waals surface area contributed by atoms with E-state index >= 15 is 0 Å². The van der Waals surface area contributed by atoms with Crippen molar-refractivity contribution in [3.8, 4) is 33.4 Å². The number of rotatable bonds is 3. The summed E-state index contributed by atoms with van der Waals surface area (Å²) in [5.74, 6) is 0. The molecule has 9 rings (SSSR count). The molecule has 9 aromatic carbocycles. The summed E-state index contributed by atoms with van der Waals surface area (Å²) in [6, 6.07) is 45.3. The zero-order valence-corrected chi connectivity index (χ0v) is 31.5. The molecule has 0 bridgehead atoms. The van der Waals surface area contributed by atoms with E-state index in [-0.39, 0.29) is 0 Å². The predicted molar refractivity (Wildman–Crippen MR) is 256 cm³/mol. The lowest BCUT2D eigenvalue weighted by Crippen LogP contribution is -2.50. The van der Waals surface area contributed by atoms with Crippen molar-refractivity contribution in [2.45, 2.75) is 0 Å². The summed E-state index contributed by atoms with van der Waals surface area (Å²) in [4.78, 5) is 0. The van der Waals surface area contributed by atoms with Gasteiger partial charge in [0.25, 0.3) is 0 Å². The zero-order valence-electron chi connectivity index (χ0n) is 31.5. The standard InChI is InChI=1S/C44H36B8/c45-37-33-31(22-10-2-1-3-11-22)34-36(40(48)44(52)42(50)38(34)46)32(35(33)39(47)43(51)41(37)49)24-13-8-12-23(19-24)29-20-25-18-17-21-9-4-5-14-26(21)30(25)28-16-7-6-15-27(28)29/h1-20H,45-52H2. The second kappa shape index (κ2) is 12.2. The van der Waals surface area contributed by atoms with Gasteiger partial charge in [-0.25, -0.2) is 0 Å². The van der Waals surface area contributed by atoms with E-state index in [0.29, 0.717) is 0 Å². The Morgan fingerprint density at radius 2 is 0.712 bits per heavy atom. The van der Waals surface area contributed by atoms with Crippen LogP contribution in [-0.2, 0) is 0 Å². The van der Waals surface area contributed by atoms with Crippen molar-refractivity contribution >= 4 is 160 Å². The Morgan fingerprint density at radius 3 is 1.31 bits per heavy atom. The van der Waals surface area contributed by atoms with Crippen LogP contribution in [0.1, 0.15) is 0 Å². The van der Waals surface area contributed by atoms with Crippen LogP contribution in [0.2, 0.25) is 0 Å². The van der Waals surface area contributed by atoms with E-state index in [4.69, 9.17) is 0 Å². The fourth-order valence-electron chi connectivity index (χ4n) is 9.27. The molecule has 0 saturated heterocycles. The van der Waals surface area contributed by atoms with E-state index < -0.39 is 0 Å². The molecular formula is C44H36B8. The van der Waals surface area contributed by atoms with Gasteiger partial charge in [-0.2, -0.15) is 0 Å². The topological polar surface area (TPSA) is 0 Å². The van der Waals surface area contributed by atoms with Crippen LogP contribution in [0, 0.1) is 0 Å². The van der Waals surface area contributed by atoms with E-state index in [1.165, 1.54) is 131 Å². The SMILES string of the molecule is Bc1c(B)c(B)c2c(-c3cccc(-c4cc5ccc6ccccc6c5c5ccccc45)c3)c3c(B)c(B)c(B)c(B)c3c(-c3ccccc3)c2c1B. The number of benzene rings is 9. The minimum absolute atomic E-state index is 1.24. The van der Waals surface area contributed by atoms with Crippen molar-refractivity contribution in [1.29, 1.82) is 0 Å². The van der Waals surface area contributed by atoms with E-state index in [0.717, 1.165) is 0 Å². The lowest BCUT2D eigenvalue weighted by molar-refractivity contribution is 1.65. The summed E-state index contributed by atoms with van der Waals surface area (Å²) in [7, 11) is 18.6. The van der Waals surface area contributed by atoms with Gasteiger partial charge in [-0.05, 0) is 99.4 Å². The number of hydrogen-bond acceptors (Lipinski definition) is 0. The van der Waals surface area contributed by atoms with Gasteiger partial charge < -0.3 is 0 Å². The maximum Gasteiger partial charge on any atom is 0.139 e. The Labute approximate surface area is 313 Å². The Balaban J connectivity index is 1.45. The van der Waals surface area contributed by atoms with E-state index in [2.05, 4.69) is 184 Å². The summed E-state index contributed by atoms with van der Waals surface area (Å²) in [6.45, 7) is 0. The summed E-state index contributed by atoms with van der Waals surface area (Å²) < 4.78 is 0. The summed E-state index contributed by atoms with van der Waals surface area (Å²) in [5, 5.41) is 13.3. The van der Waals surface area contributed by atoms with Gasteiger partial charge in [0.1, 0.15) is 62.8 Å². The van der Waals surface area contributed by atoms with Gasteiger partial charge in [-0.1, -0.05) is 131 Å². The molecule has 0 nitrogen and oxygen atoms in total. The Bertz CT molecular complexity index is 2910. The molecule has 0 unspecified atom stereocenters. The summed E-state index contributed by atoms with van der Waals surface area (Å²) in [5.41, 5.74) is 18.8. The third kappa shape index (κ3) is 4.66. The third-order valence-electron chi connectivity index (χ3n) is 12.6. The van der Waals surface area contributed by atoms with Crippen molar-refractivity contribution in [2.24, 2.45) is 0 Å². The molecule has 0 N–H and O–H groups in total. The minimum Gasteiger partial charge on any atom is -0.101 e. The highest BCUT2D eigenvalue weighted by Gasteiger charge is 2.25. The molecule has 0 aliphatic heterocycles. The second-order valence-corrected chi connectivity index (χ2v) is 15.1. The fourth-order valence-corrected chi connectivity index (χ4v) is 9.27. The summed E-state index contributed by atoms with van der Waals surface area (Å²) in [6.07, 6.45) is 0. The molecule has 8 heteroatoms. The zero-order chi connectivity index (χ0) is 36.0. The van der Waals surface area contributed by atoms with Crippen LogP contribution < -0.4 is 43.7 Å². The van der Waals surface area contributed by atoms with Crippen LogP contribution in [0.15, 0.2) is 121 Å². The highest BCUT2D eigenvalue weighted by atomic mass is 14.2. The molecule has 0 amide bonds. The lowest BCUT2D eigenvalue weighted by Gasteiger charge is -2.28. The van der Waals surface area contributed by atoms with Crippen molar-refractivity contribution in [1.82, 2.24) is 0 Å². The quantitative estimate of drug-likeness (QED) is 0.124. The van der Waals surface area contributed by atoms with Crippen LogP contribution in [0.4, 0.5) is 0 Å². The van der Waals surface area contributed by atoms with Gasteiger partial charge in [0.2, 0.25) is 0 Å². The second-order valence-electron chi connectivity index (χ2n) is 15.1. The molecule has 52 heavy (non-hydrogen) atoms. The molecule has 9 aromatic rings. The van der Waals surface area contributed by atoms with Gasteiger partial charge in [0.05, 0.1) is 0 Å². The normalized spacial score (nSPS) is 11.7. The maximum absolute atomic E-state index is 2.47. The predicted octanol–water partition coefficient (Wildman–Crippen LogP) is -1.48. The van der Waals surface area contributed by atoms with Crippen LogP contribution in [0.3, 0.4) is 0 Å². The van der Waals surface area contributed by atoms with Gasteiger partial charge in [-0.15, -0.1) is 21.9 Å². The molecular weight excluding hydrogens is 615 g/mol. The minimum atomic E-state index is 1.24. The van der Waals surface area contributed by atoms with Crippen LogP contribution in [-0.4, -0.2) is 62.8 Å². The van der Waals surface area contributed by atoms with Crippen molar-refractivity contribution < 1.29 is 0 Å². The molecule has 236 valence electrons. The molecule has 0 aliphatic carbocycles. The first-order valence-corrected chi connectivity index (χ1v) is 18.6. The maximum atomic E-state index is 2.47. The van der Waals surface area contributed by atoms with E-state index in [1.807, 2.05) is 0 Å². The Hall–Kier alpha value is -5.20. The largest absolute Gasteiger partial charge is 0.139 e. The average Bonchev–Trinajstić information content (AvgIpc) is 3.19. The van der Waals surface area contributed by atoms with Crippen molar-refractivity contribution in [3.63, 3.8) is 0 Å². The molecule has 0 radical (unpaired) electrons. The summed E-state index contributed by atoms with van der Waals surface area (Å²) >= 11 is 0. The highest BCUT2D eigenvalue weighted by Crippen LogP contribution is 2.43. The molecule has 0 atom stereocenters. The van der Waals surface area contributed by atoms with Gasteiger partial charge in [-0.3, -0.25) is 0 Å². The molecule has 0 aliphatic rings. The number of hydrogen-bond donors (Lipinski definition) is 0. The lowest BCUT2D eigenvalue weighted by atomic mass is 9.59. The van der Waals surface area contributed by atoms with Gasteiger partial charge in [0.15, 0.2) is 0 Å². The molecule has 0 heterocycles. The van der Waals surface area contributed by atoms with Crippen molar-refractivity contribution in [3.05, 3.63) is 121 Å². The average molecular weight is 651 g/mol. The monoisotopic (exact) mass is 652 g/mol. The van der Waals surface area contributed by atoms with Gasteiger partial charge >= 0.3 is 0 Å². The van der Waals surface area contributed by atoms with Crippen LogP contribution in [0.5, 0.6) is 0 Å². The smallest absolute Gasteiger partial charge is 0.101 e. The first-order chi connectivity index (χ1) is 25.2. The third-order valence-corrected chi connectivity index (χ3v) is 12.6. The van der Waals surface area contributed by atoms with E-state index in [1.54, 1.807) is 0 Å². The van der Waals surface area contributed by atoms with E-state index in [9.17, 15) is 0 Å². The molecule has 0 aromatic heterocycles. The first-order valence-electron chi connectivity index (χ1n) is 18.6. The number of fused-ring (bicyclic) bond motifs is 7. The molecule has 0 fully saturated rings. The van der Waals surface area contributed by atoms with Gasteiger partial charge in [0, 0.05) is 0 Å². The molecule has 0 saturated carbocycles. The van der Waals surface area contributed by atoms with Crippen LogP contribution in [0.25, 0.3) is 87.2 Å². The first kappa shape index (κ1) is 32.7. The van der Waals surface area contributed by atoms with Crippen LogP contribution >= 0.6 is 0 Å². The Morgan fingerprint density at radius 1 is 0.269 bits per heavy atom. The molecule has 0 spiro atoms. The fraction of sp³-hybridized carbons (Fsp3) is 0.